The van der Waals surface area contributed by atoms with E-state index in [4.69, 9.17) is 5.73 Å². The molecule has 0 aliphatic carbocycles. The van der Waals surface area contributed by atoms with Gasteiger partial charge in [0, 0.05) is 11.9 Å². The smallest absolute Gasteiger partial charge is 0.131 e. The van der Waals surface area contributed by atoms with Crippen LogP contribution in [0, 0.1) is 0 Å². The van der Waals surface area contributed by atoms with Crippen LogP contribution in [0.4, 0.5) is 11.6 Å². The molecule has 0 amide bonds. The standard InChI is InChI=1S/C11H13N3S/c1-14(8-9-4-3-7-15-9)11-6-2-5-10(12)13-11/h2-7H,8H2,1H3,(H2,12,13). The maximum atomic E-state index is 5.63. The monoisotopic (exact) mass is 219 g/mol. The first-order valence-corrected chi connectivity index (χ1v) is 5.60. The molecule has 2 rings (SSSR count). The number of nitrogens with zero attached hydrogens (tertiary/aromatic N) is 2. The van der Waals surface area contributed by atoms with Crippen LogP contribution < -0.4 is 10.6 Å². The lowest BCUT2D eigenvalue weighted by Gasteiger charge is -2.17. The molecular formula is C11H13N3S. The molecule has 15 heavy (non-hydrogen) atoms. The fourth-order valence-corrected chi connectivity index (χ4v) is 2.13. The van der Waals surface area contributed by atoms with Crippen molar-refractivity contribution in [2.75, 3.05) is 17.7 Å². The third-order valence-electron chi connectivity index (χ3n) is 2.12. The van der Waals surface area contributed by atoms with Crippen LogP contribution in [0.2, 0.25) is 0 Å². The van der Waals surface area contributed by atoms with Crippen LogP contribution in [-0.2, 0) is 6.54 Å². The zero-order valence-electron chi connectivity index (χ0n) is 8.55. The summed E-state index contributed by atoms with van der Waals surface area (Å²) in [6.07, 6.45) is 0. The van der Waals surface area contributed by atoms with Gasteiger partial charge in [-0.15, -0.1) is 11.3 Å². The Bertz CT molecular complexity index is 425. The van der Waals surface area contributed by atoms with Crippen molar-refractivity contribution in [3.05, 3.63) is 40.6 Å². The predicted molar refractivity (Wildman–Crippen MR) is 65.1 cm³/mol. The lowest BCUT2D eigenvalue weighted by molar-refractivity contribution is 0.914. The summed E-state index contributed by atoms with van der Waals surface area (Å²) in [5.74, 6) is 1.47. The summed E-state index contributed by atoms with van der Waals surface area (Å²) < 4.78 is 0. The van der Waals surface area contributed by atoms with Crippen LogP contribution in [0.25, 0.3) is 0 Å². The summed E-state index contributed by atoms with van der Waals surface area (Å²) in [4.78, 5) is 7.67. The Morgan fingerprint density at radius 2 is 2.20 bits per heavy atom. The third-order valence-corrected chi connectivity index (χ3v) is 2.98. The molecule has 0 aliphatic rings. The van der Waals surface area contributed by atoms with Crippen molar-refractivity contribution in [1.82, 2.24) is 4.98 Å². The van der Waals surface area contributed by atoms with Crippen LogP contribution in [0.15, 0.2) is 35.7 Å². The Morgan fingerprint density at radius 1 is 1.33 bits per heavy atom. The van der Waals surface area contributed by atoms with E-state index in [1.165, 1.54) is 4.88 Å². The molecule has 3 nitrogen and oxygen atoms in total. The van der Waals surface area contributed by atoms with Crippen LogP contribution in [0.3, 0.4) is 0 Å². The first-order valence-electron chi connectivity index (χ1n) is 4.72. The molecule has 0 spiro atoms. The first kappa shape index (κ1) is 9.98. The summed E-state index contributed by atoms with van der Waals surface area (Å²) in [5.41, 5.74) is 5.63. The topological polar surface area (TPSA) is 42.1 Å². The van der Waals surface area contributed by atoms with Crippen molar-refractivity contribution in [2.45, 2.75) is 6.54 Å². The minimum atomic E-state index is 0.561. The Kier molecular flexibility index (Phi) is 2.87. The van der Waals surface area contributed by atoms with E-state index in [0.717, 1.165) is 12.4 Å². The van der Waals surface area contributed by atoms with Gasteiger partial charge < -0.3 is 10.6 Å². The number of hydrogen-bond donors (Lipinski definition) is 1. The number of rotatable bonds is 3. The third kappa shape index (κ3) is 2.47. The molecule has 0 atom stereocenters. The SMILES string of the molecule is CN(Cc1cccs1)c1cccc(N)n1. The maximum absolute atomic E-state index is 5.63. The summed E-state index contributed by atoms with van der Waals surface area (Å²) >= 11 is 1.75. The zero-order chi connectivity index (χ0) is 10.7. The second-order valence-electron chi connectivity index (χ2n) is 3.36. The quantitative estimate of drug-likeness (QED) is 0.861. The summed E-state index contributed by atoms with van der Waals surface area (Å²) in [7, 11) is 2.02. The molecule has 4 heteroatoms. The fraction of sp³-hybridized carbons (Fsp3) is 0.182. The molecule has 0 saturated heterocycles. The van der Waals surface area contributed by atoms with E-state index in [9.17, 15) is 0 Å². The molecule has 0 radical (unpaired) electrons. The zero-order valence-corrected chi connectivity index (χ0v) is 9.37. The van der Waals surface area contributed by atoms with Gasteiger partial charge in [0.1, 0.15) is 11.6 Å². The number of pyridine rings is 1. The number of aromatic nitrogens is 1. The van der Waals surface area contributed by atoms with E-state index in [1.54, 1.807) is 17.4 Å². The normalized spacial score (nSPS) is 10.2. The average Bonchev–Trinajstić information content (AvgIpc) is 2.70. The Morgan fingerprint density at radius 3 is 2.87 bits per heavy atom. The van der Waals surface area contributed by atoms with Crippen molar-refractivity contribution >= 4 is 23.0 Å². The lowest BCUT2D eigenvalue weighted by atomic mass is 10.4. The maximum Gasteiger partial charge on any atom is 0.131 e. The Hall–Kier alpha value is -1.55. The Labute approximate surface area is 93.2 Å². The molecular weight excluding hydrogens is 206 g/mol. The number of hydrogen-bond acceptors (Lipinski definition) is 4. The van der Waals surface area contributed by atoms with Gasteiger partial charge in [-0.05, 0) is 23.6 Å². The van der Waals surface area contributed by atoms with Gasteiger partial charge in [0.05, 0.1) is 6.54 Å². The summed E-state index contributed by atoms with van der Waals surface area (Å²) in [6, 6.07) is 9.85. The van der Waals surface area contributed by atoms with Crippen LogP contribution in [0.1, 0.15) is 4.88 Å². The molecule has 0 bridgehead atoms. The van der Waals surface area contributed by atoms with Gasteiger partial charge in [0.2, 0.25) is 0 Å². The molecule has 2 aromatic heterocycles. The second kappa shape index (κ2) is 4.31. The van der Waals surface area contributed by atoms with E-state index in [-0.39, 0.29) is 0 Å². The molecule has 0 saturated carbocycles. The minimum Gasteiger partial charge on any atom is -0.384 e. The van der Waals surface area contributed by atoms with E-state index >= 15 is 0 Å². The number of nitrogens with two attached hydrogens (primary N) is 1. The van der Waals surface area contributed by atoms with Gasteiger partial charge in [-0.1, -0.05) is 12.1 Å². The molecule has 0 fully saturated rings. The molecule has 0 aromatic carbocycles. The van der Waals surface area contributed by atoms with Crippen molar-refractivity contribution in [2.24, 2.45) is 0 Å². The summed E-state index contributed by atoms with van der Waals surface area (Å²) in [5, 5.41) is 2.08. The van der Waals surface area contributed by atoms with E-state index in [1.807, 2.05) is 19.2 Å². The number of thiophene rings is 1. The van der Waals surface area contributed by atoms with Crippen molar-refractivity contribution in [3.63, 3.8) is 0 Å². The highest BCUT2D eigenvalue weighted by atomic mass is 32.1. The van der Waals surface area contributed by atoms with Crippen LogP contribution in [-0.4, -0.2) is 12.0 Å². The molecule has 2 N–H and O–H groups in total. The fourth-order valence-electron chi connectivity index (χ4n) is 1.37. The molecule has 2 heterocycles. The molecule has 0 aliphatic heterocycles. The summed E-state index contributed by atoms with van der Waals surface area (Å²) in [6.45, 7) is 0.869. The van der Waals surface area contributed by atoms with Crippen molar-refractivity contribution in [1.29, 1.82) is 0 Å². The highest BCUT2D eigenvalue weighted by Gasteiger charge is 2.03. The lowest BCUT2D eigenvalue weighted by Crippen LogP contribution is -2.17. The number of anilines is 2. The Balaban J connectivity index is 2.11. The predicted octanol–water partition coefficient (Wildman–Crippen LogP) is 2.36. The highest BCUT2D eigenvalue weighted by molar-refractivity contribution is 7.09. The van der Waals surface area contributed by atoms with Crippen LogP contribution >= 0.6 is 11.3 Å². The number of nitrogen functional groups attached to an aromatic ring is 1. The average molecular weight is 219 g/mol. The largest absolute Gasteiger partial charge is 0.384 e. The van der Waals surface area contributed by atoms with Crippen molar-refractivity contribution in [3.8, 4) is 0 Å². The van der Waals surface area contributed by atoms with Gasteiger partial charge >= 0.3 is 0 Å². The van der Waals surface area contributed by atoms with Gasteiger partial charge in [-0.3, -0.25) is 0 Å². The van der Waals surface area contributed by atoms with Gasteiger partial charge in [-0.2, -0.15) is 0 Å². The molecule has 78 valence electrons. The minimum absolute atomic E-state index is 0.561. The van der Waals surface area contributed by atoms with Gasteiger partial charge in [0.15, 0.2) is 0 Å². The van der Waals surface area contributed by atoms with E-state index < -0.39 is 0 Å². The van der Waals surface area contributed by atoms with Crippen LogP contribution in [0.5, 0.6) is 0 Å². The molecule has 2 aromatic rings. The van der Waals surface area contributed by atoms with E-state index in [2.05, 4.69) is 27.4 Å². The van der Waals surface area contributed by atoms with Gasteiger partial charge in [-0.25, -0.2) is 4.98 Å². The van der Waals surface area contributed by atoms with Crippen molar-refractivity contribution < 1.29 is 0 Å². The first-order chi connectivity index (χ1) is 7.25. The highest BCUT2D eigenvalue weighted by Crippen LogP contribution is 2.16. The van der Waals surface area contributed by atoms with E-state index in [0.29, 0.717) is 5.82 Å². The second-order valence-corrected chi connectivity index (χ2v) is 4.39. The van der Waals surface area contributed by atoms with Gasteiger partial charge in [0.25, 0.3) is 0 Å². The molecule has 0 unspecified atom stereocenters.